The zero-order valence-electron chi connectivity index (χ0n) is 12.6. The standard InChI is InChI=1S/2C6H6.4CHNO.7CH4/c2*1-2-4-6-5-3-1;4*2-1-3;;;;;;;/h2*1-6H;4*2H;7*1H4. The van der Waals surface area contributed by atoms with Crippen LogP contribution in [0.5, 0.6) is 0 Å². The Bertz CT molecular complexity index is 451. The van der Waals surface area contributed by atoms with Crippen LogP contribution in [0.4, 0.5) is 0 Å². The molecule has 0 aliphatic carbocycles. The Morgan fingerprint density at radius 3 is 0.355 bits per heavy atom. The van der Waals surface area contributed by atoms with Crippen molar-refractivity contribution in [3.05, 3.63) is 72.8 Å². The third-order valence-corrected chi connectivity index (χ3v) is 1.33. The van der Waals surface area contributed by atoms with Gasteiger partial charge in [0.15, 0.2) is 0 Å². The molecule has 0 radical (unpaired) electrons. The summed E-state index contributed by atoms with van der Waals surface area (Å²) in [7, 11) is 0. The first-order chi connectivity index (χ1) is 11.7. The summed E-state index contributed by atoms with van der Waals surface area (Å²) in [5.74, 6) is 0. The SMILES string of the molecule is C.C.C.C.C.C.C.N=C=O.N=C=O.N=C=O.N=C=O.c1ccccc1.c1ccccc1. The van der Waals surface area contributed by atoms with Crippen molar-refractivity contribution in [2.75, 3.05) is 0 Å². The fourth-order valence-electron chi connectivity index (χ4n) is 0.770. The lowest BCUT2D eigenvalue weighted by Gasteiger charge is -1.69. The molecule has 4 N–H and O–H groups in total. The van der Waals surface area contributed by atoms with Gasteiger partial charge in [-0.2, -0.15) is 0 Å². The molecule has 0 aliphatic heterocycles. The van der Waals surface area contributed by atoms with Gasteiger partial charge in [-0.05, 0) is 0 Å². The molecule has 180 valence electrons. The Hall–Kier alpha value is -4.04. The quantitative estimate of drug-likeness (QED) is 0.247. The molecule has 2 aromatic rings. The van der Waals surface area contributed by atoms with Crippen LogP contribution in [-0.2, 0) is 19.2 Å². The van der Waals surface area contributed by atoms with E-state index >= 15 is 0 Å². The molecule has 0 saturated carbocycles. The summed E-state index contributed by atoms with van der Waals surface area (Å²) in [5, 5.41) is 21.6. The smallest absolute Gasteiger partial charge is 0.222 e. The van der Waals surface area contributed by atoms with E-state index in [4.69, 9.17) is 40.8 Å². The van der Waals surface area contributed by atoms with Gasteiger partial charge in [-0.3, -0.25) is 0 Å². The van der Waals surface area contributed by atoms with Crippen molar-refractivity contribution in [3.8, 4) is 0 Å². The fourth-order valence-corrected chi connectivity index (χ4v) is 0.770. The lowest BCUT2D eigenvalue weighted by Crippen LogP contribution is -1.47. The van der Waals surface area contributed by atoms with Gasteiger partial charge in [0, 0.05) is 0 Å². The molecule has 0 aromatic heterocycles. The van der Waals surface area contributed by atoms with E-state index in [1.807, 2.05) is 72.8 Å². The van der Waals surface area contributed by atoms with E-state index in [0.29, 0.717) is 0 Å². The van der Waals surface area contributed by atoms with Crippen LogP contribution in [0, 0.1) is 21.6 Å². The van der Waals surface area contributed by atoms with Crippen LogP contribution < -0.4 is 0 Å². The maximum absolute atomic E-state index is 8.35. The second-order valence-electron chi connectivity index (χ2n) is 2.72. The Balaban J connectivity index is -0.0000000170. The van der Waals surface area contributed by atoms with Gasteiger partial charge in [-0.25, -0.2) is 40.8 Å². The highest BCUT2D eigenvalue weighted by Gasteiger charge is 1.58. The molecule has 0 atom stereocenters. The Morgan fingerprint density at radius 2 is 0.323 bits per heavy atom. The number of hydrogen-bond acceptors (Lipinski definition) is 8. The van der Waals surface area contributed by atoms with Crippen molar-refractivity contribution in [2.45, 2.75) is 52.0 Å². The third kappa shape index (κ3) is 235. The number of rotatable bonds is 0. The number of nitrogens with one attached hydrogen (secondary N) is 4. The molecule has 0 aliphatic rings. The Labute approximate surface area is 190 Å². The van der Waals surface area contributed by atoms with Crippen LogP contribution in [-0.4, -0.2) is 24.3 Å². The van der Waals surface area contributed by atoms with Gasteiger partial charge in [-0.15, -0.1) is 0 Å². The van der Waals surface area contributed by atoms with Crippen molar-refractivity contribution in [3.63, 3.8) is 0 Å². The molecule has 2 rings (SSSR count). The van der Waals surface area contributed by atoms with Crippen LogP contribution in [0.2, 0.25) is 0 Å². The minimum absolute atomic E-state index is 0. The fraction of sp³-hybridized carbons (Fsp3) is 0.304. The van der Waals surface area contributed by atoms with Crippen molar-refractivity contribution in [1.82, 2.24) is 0 Å². The van der Waals surface area contributed by atoms with Gasteiger partial charge in [0.2, 0.25) is 24.3 Å². The second-order valence-corrected chi connectivity index (χ2v) is 2.72. The molecule has 0 unspecified atom stereocenters. The number of isocyanates is 4. The van der Waals surface area contributed by atoms with E-state index in [1.54, 1.807) is 0 Å². The van der Waals surface area contributed by atoms with Crippen LogP contribution in [0.25, 0.3) is 0 Å². The molecule has 31 heavy (non-hydrogen) atoms. The van der Waals surface area contributed by atoms with Crippen molar-refractivity contribution in [2.24, 2.45) is 0 Å². The summed E-state index contributed by atoms with van der Waals surface area (Å²) in [4.78, 5) is 33.4. The van der Waals surface area contributed by atoms with Crippen molar-refractivity contribution in [1.29, 1.82) is 21.6 Å². The predicted molar refractivity (Wildman–Crippen MR) is 134 cm³/mol. The first-order valence-electron chi connectivity index (χ1n) is 5.82. The van der Waals surface area contributed by atoms with Gasteiger partial charge < -0.3 is 0 Å². The summed E-state index contributed by atoms with van der Waals surface area (Å²) in [6.07, 6.45) is 3.00. The van der Waals surface area contributed by atoms with E-state index in [-0.39, 0.29) is 52.0 Å². The topological polar surface area (TPSA) is 164 Å². The highest BCUT2D eigenvalue weighted by molar-refractivity contribution is 5.26. The Kier molecular flexibility index (Phi) is 260. The molecular formula is C23H44N4O4. The maximum Gasteiger partial charge on any atom is 0.231 e. The van der Waals surface area contributed by atoms with Crippen LogP contribution in [0.15, 0.2) is 72.8 Å². The molecule has 0 spiro atoms. The molecule has 0 saturated heterocycles. The number of hydrogen-bond donors (Lipinski definition) is 4. The predicted octanol–water partition coefficient (Wildman–Crippen LogP) is 7.43. The van der Waals surface area contributed by atoms with Crippen molar-refractivity contribution >= 4 is 24.3 Å². The van der Waals surface area contributed by atoms with Gasteiger partial charge in [0.05, 0.1) is 0 Å². The molecule has 0 amide bonds. The first-order valence-corrected chi connectivity index (χ1v) is 5.82. The van der Waals surface area contributed by atoms with Crippen LogP contribution in [0.1, 0.15) is 52.0 Å². The normalized spacial score (nSPS) is 4.13. The van der Waals surface area contributed by atoms with Crippen molar-refractivity contribution < 1.29 is 19.2 Å². The van der Waals surface area contributed by atoms with Gasteiger partial charge in [0.1, 0.15) is 0 Å². The molecule has 2 aromatic carbocycles. The first kappa shape index (κ1) is 71.3. The summed E-state index contributed by atoms with van der Waals surface area (Å²) in [6.45, 7) is 0. The highest BCUT2D eigenvalue weighted by Crippen LogP contribution is 1.80. The van der Waals surface area contributed by atoms with Gasteiger partial charge in [-0.1, -0.05) is 125 Å². The minimum Gasteiger partial charge on any atom is -0.222 e. The highest BCUT2D eigenvalue weighted by atomic mass is 16.1. The van der Waals surface area contributed by atoms with Gasteiger partial charge >= 0.3 is 0 Å². The molecule has 0 fully saturated rings. The van der Waals surface area contributed by atoms with E-state index in [9.17, 15) is 0 Å². The lowest BCUT2D eigenvalue weighted by atomic mass is 10.4. The number of carbonyl (C=O) groups excluding carboxylic acids is 4. The Morgan fingerprint density at radius 1 is 0.290 bits per heavy atom. The van der Waals surface area contributed by atoms with E-state index < -0.39 is 0 Å². The van der Waals surface area contributed by atoms with Gasteiger partial charge in [0.25, 0.3) is 0 Å². The summed E-state index contributed by atoms with van der Waals surface area (Å²) < 4.78 is 0. The zero-order chi connectivity index (χ0) is 19.3. The van der Waals surface area contributed by atoms with E-state index in [1.165, 1.54) is 0 Å². The molecule has 8 heteroatoms. The van der Waals surface area contributed by atoms with Crippen LogP contribution in [0.3, 0.4) is 0 Å². The minimum atomic E-state index is 0. The largest absolute Gasteiger partial charge is 0.231 e. The molecule has 0 bridgehead atoms. The molecular weight excluding hydrogens is 396 g/mol. The van der Waals surface area contributed by atoms with E-state index in [0.717, 1.165) is 24.3 Å². The molecule has 8 nitrogen and oxygen atoms in total. The maximum atomic E-state index is 8.35. The number of benzene rings is 2. The second kappa shape index (κ2) is 113. The average molecular weight is 441 g/mol. The lowest BCUT2D eigenvalue weighted by molar-refractivity contribution is 0.562. The van der Waals surface area contributed by atoms with E-state index in [2.05, 4.69) is 0 Å². The summed E-state index contributed by atoms with van der Waals surface area (Å²) in [5.41, 5.74) is 0. The third-order valence-electron chi connectivity index (χ3n) is 1.33. The summed E-state index contributed by atoms with van der Waals surface area (Å²) in [6, 6.07) is 24.0. The summed E-state index contributed by atoms with van der Waals surface area (Å²) >= 11 is 0. The average Bonchev–Trinajstić information content (AvgIpc) is 2.61. The monoisotopic (exact) mass is 440 g/mol. The molecule has 0 heterocycles. The van der Waals surface area contributed by atoms with Crippen LogP contribution >= 0.6 is 0 Å². The zero-order valence-corrected chi connectivity index (χ0v) is 12.6.